The van der Waals surface area contributed by atoms with Crippen molar-refractivity contribution in [2.75, 3.05) is 0 Å². The molecule has 92 valence electrons. The number of aldehydes is 1. The Balaban J connectivity index is 2.11. The van der Waals surface area contributed by atoms with Crippen LogP contribution in [0, 0.1) is 0 Å². The number of aromatic nitrogens is 2. The number of carbonyl (C=O) groups excluding carboxylic acids is 1. The SMILES string of the molecule is O=Cc1c(C2CC2)nn(-c2ccc(Br)cc2)c1Cl. The van der Waals surface area contributed by atoms with Crippen molar-refractivity contribution < 1.29 is 4.79 Å². The van der Waals surface area contributed by atoms with Gasteiger partial charge in [-0.15, -0.1) is 0 Å². The molecule has 3 rings (SSSR count). The number of benzene rings is 1. The molecule has 0 spiro atoms. The summed E-state index contributed by atoms with van der Waals surface area (Å²) >= 11 is 9.62. The molecule has 0 bridgehead atoms. The lowest BCUT2D eigenvalue weighted by Crippen LogP contribution is -1.96. The molecule has 0 atom stereocenters. The van der Waals surface area contributed by atoms with E-state index in [1.165, 1.54) is 0 Å². The quantitative estimate of drug-likeness (QED) is 0.800. The molecule has 1 heterocycles. The van der Waals surface area contributed by atoms with Crippen LogP contribution in [-0.2, 0) is 0 Å². The Morgan fingerprint density at radius 3 is 2.56 bits per heavy atom. The van der Waals surface area contributed by atoms with Gasteiger partial charge in [-0.25, -0.2) is 4.68 Å². The lowest BCUT2D eigenvalue weighted by Gasteiger charge is -2.02. The zero-order valence-corrected chi connectivity index (χ0v) is 11.8. The van der Waals surface area contributed by atoms with E-state index in [2.05, 4.69) is 21.0 Å². The molecule has 1 aromatic heterocycles. The zero-order chi connectivity index (χ0) is 12.7. The third-order valence-corrected chi connectivity index (χ3v) is 3.94. The highest BCUT2D eigenvalue weighted by molar-refractivity contribution is 9.10. The first-order valence-corrected chi connectivity index (χ1v) is 6.87. The maximum Gasteiger partial charge on any atom is 0.155 e. The molecular formula is C13H10BrClN2O. The molecule has 1 fully saturated rings. The van der Waals surface area contributed by atoms with Gasteiger partial charge in [0.25, 0.3) is 0 Å². The van der Waals surface area contributed by atoms with Crippen molar-refractivity contribution in [2.24, 2.45) is 0 Å². The van der Waals surface area contributed by atoms with E-state index in [1.807, 2.05) is 24.3 Å². The van der Waals surface area contributed by atoms with Crippen molar-refractivity contribution in [3.63, 3.8) is 0 Å². The summed E-state index contributed by atoms with van der Waals surface area (Å²) in [6.45, 7) is 0. The monoisotopic (exact) mass is 324 g/mol. The number of hydrogen-bond acceptors (Lipinski definition) is 2. The lowest BCUT2D eigenvalue weighted by molar-refractivity contribution is 0.112. The standard InChI is InChI=1S/C13H10BrClN2O/c14-9-3-5-10(6-4-9)17-13(15)11(7-18)12(16-17)8-1-2-8/h3-8H,1-2H2. The smallest absolute Gasteiger partial charge is 0.155 e. The molecule has 18 heavy (non-hydrogen) atoms. The second-order valence-electron chi connectivity index (χ2n) is 4.37. The molecule has 1 saturated carbocycles. The molecule has 1 aliphatic rings. The summed E-state index contributed by atoms with van der Waals surface area (Å²) in [7, 11) is 0. The van der Waals surface area contributed by atoms with Gasteiger partial charge in [-0.05, 0) is 37.1 Å². The van der Waals surface area contributed by atoms with Crippen LogP contribution < -0.4 is 0 Å². The number of halogens is 2. The molecule has 3 nitrogen and oxygen atoms in total. The van der Waals surface area contributed by atoms with Crippen molar-refractivity contribution in [2.45, 2.75) is 18.8 Å². The maximum atomic E-state index is 11.1. The van der Waals surface area contributed by atoms with Gasteiger partial charge in [-0.2, -0.15) is 5.10 Å². The summed E-state index contributed by atoms with van der Waals surface area (Å²) in [5.41, 5.74) is 2.22. The number of hydrogen-bond donors (Lipinski definition) is 0. The van der Waals surface area contributed by atoms with E-state index >= 15 is 0 Å². The highest BCUT2D eigenvalue weighted by Gasteiger charge is 2.31. The molecule has 2 aromatic rings. The first kappa shape index (κ1) is 11.9. The molecule has 0 unspecified atom stereocenters. The third kappa shape index (κ3) is 1.99. The first-order chi connectivity index (χ1) is 8.70. The fourth-order valence-corrected chi connectivity index (χ4v) is 2.49. The Kier molecular flexibility index (Phi) is 2.99. The van der Waals surface area contributed by atoms with Crippen LogP contribution in [0.2, 0.25) is 5.15 Å². The molecular weight excluding hydrogens is 316 g/mol. The van der Waals surface area contributed by atoms with E-state index in [4.69, 9.17) is 11.6 Å². The van der Waals surface area contributed by atoms with Gasteiger partial charge < -0.3 is 0 Å². The van der Waals surface area contributed by atoms with E-state index in [0.717, 1.165) is 35.0 Å². The molecule has 5 heteroatoms. The molecule has 1 aromatic carbocycles. The van der Waals surface area contributed by atoms with E-state index < -0.39 is 0 Å². The fraction of sp³-hybridized carbons (Fsp3) is 0.231. The van der Waals surface area contributed by atoms with E-state index in [0.29, 0.717) is 16.6 Å². The van der Waals surface area contributed by atoms with Crippen molar-refractivity contribution in [1.82, 2.24) is 9.78 Å². The number of nitrogens with zero attached hydrogens (tertiary/aromatic N) is 2. The van der Waals surface area contributed by atoms with Crippen molar-refractivity contribution in [3.05, 3.63) is 45.1 Å². The summed E-state index contributed by atoms with van der Waals surface area (Å²) in [5.74, 6) is 0.402. The zero-order valence-electron chi connectivity index (χ0n) is 9.44. The Hall–Kier alpha value is -1.13. The first-order valence-electron chi connectivity index (χ1n) is 5.70. The van der Waals surface area contributed by atoms with Crippen LogP contribution in [0.4, 0.5) is 0 Å². The van der Waals surface area contributed by atoms with E-state index in [9.17, 15) is 4.79 Å². The van der Waals surface area contributed by atoms with Crippen molar-refractivity contribution >= 4 is 33.8 Å². The summed E-state index contributed by atoms with van der Waals surface area (Å²) in [6.07, 6.45) is 2.99. The second kappa shape index (κ2) is 4.52. The van der Waals surface area contributed by atoms with Crippen LogP contribution in [0.15, 0.2) is 28.7 Å². The molecule has 0 saturated heterocycles. The predicted octanol–water partition coefficient (Wildman–Crippen LogP) is 3.98. The van der Waals surface area contributed by atoms with Gasteiger partial charge in [-0.3, -0.25) is 4.79 Å². The lowest BCUT2D eigenvalue weighted by atomic mass is 10.2. The van der Waals surface area contributed by atoms with Gasteiger partial charge in [0, 0.05) is 10.4 Å². The van der Waals surface area contributed by atoms with Gasteiger partial charge in [0.05, 0.1) is 16.9 Å². The summed E-state index contributed by atoms with van der Waals surface area (Å²) in [5, 5.41) is 4.88. The van der Waals surface area contributed by atoms with Gasteiger partial charge in [-0.1, -0.05) is 27.5 Å². The van der Waals surface area contributed by atoms with Gasteiger partial charge >= 0.3 is 0 Å². The summed E-state index contributed by atoms with van der Waals surface area (Å²) in [4.78, 5) is 11.1. The third-order valence-electron chi connectivity index (χ3n) is 3.04. The molecule has 0 radical (unpaired) electrons. The molecule has 0 amide bonds. The van der Waals surface area contributed by atoms with Crippen LogP contribution in [0.25, 0.3) is 5.69 Å². The maximum absolute atomic E-state index is 11.1. The Bertz CT molecular complexity index is 602. The van der Waals surface area contributed by atoms with E-state index in [1.54, 1.807) is 4.68 Å². The van der Waals surface area contributed by atoms with Crippen LogP contribution >= 0.6 is 27.5 Å². The minimum atomic E-state index is 0.397. The van der Waals surface area contributed by atoms with E-state index in [-0.39, 0.29) is 0 Å². The Labute approximate surface area is 118 Å². The highest BCUT2D eigenvalue weighted by Crippen LogP contribution is 2.42. The van der Waals surface area contributed by atoms with Crippen molar-refractivity contribution in [3.8, 4) is 5.69 Å². The minimum Gasteiger partial charge on any atom is -0.298 e. The van der Waals surface area contributed by atoms with Crippen LogP contribution in [0.5, 0.6) is 0 Å². The normalized spacial score (nSPS) is 14.8. The topological polar surface area (TPSA) is 34.9 Å². The van der Waals surface area contributed by atoms with Crippen molar-refractivity contribution in [1.29, 1.82) is 0 Å². The second-order valence-corrected chi connectivity index (χ2v) is 5.64. The predicted molar refractivity (Wildman–Crippen MR) is 73.6 cm³/mol. The summed E-state index contributed by atoms with van der Waals surface area (Å²) < 4.78 is 2.62. The van der Waals surface area contributed by atoms with Crippen LogP contribution in [0.3, 0.4) is 0 Å². The highest BCUT2D eigenvalue weighted by atomic mass is 79.9. The van der Waals surface area contributed by atoms with Crippen LogP contribution in [0.1, 0.15) is 34.8 Å². The molecule has 0 aliphatic heterocycles. The molecule has 0 N–H and O–H groups in total. The minimum absolute atomic E-state index is 0.397. The Morgan fingerprint density at radius 2 is 2.00 bits per heavy atom. The average Bonchev–Trinajstić information content (AvgIpc) is 3.15. The molecule has 1 aliphatic carbocycles. The van der Waals surface area contributed by atoms with Gasteiger partial charge in [0.1, 0.15) is 5.15 Å². The number of carbonyl (C=O) groups is 1. The number of rotatable bonds is 3. The average molecular weight is 326 g/mol. The van der Waals surface area contributed by atoms with Crippen LogP contribution in [-0.4, -0.2) is 16.1 Å². The fourth-order valence-electron chi connectivity index (χ4n) is 1.95. The van der Waals surface area contributed by atoms with Gasteiger partial charge in [0.2, 0.25) is 0 Å². The Morgan fingerprint density at radius 1 is 1.33 bits per heavy atom. The summed E-state index contributed by atoms with van der Waals surface area (Å²) in [6, 6.07) is 7.66. The largest absolute Gasteiger partial charge is 0.298 e. The van der Waals surface area contributed by atoms with Gasteiger partial charge in [0.15, 0.2) is 6.29 Å².